The number of rotatable bonds is 9. The van der Waals surface area contributed by atoms with Crippen molar-refractivity contribution in [1.29, 1.82) is 0 Å². The van der Waals surface area contributed by atoms with Crippen LogP contribution in [-0.2, 0) is 27.1 Å². The van der Waals surface area contributed by atoms with Crippen molar-refractivity contribution in [1.82, 2.24) is 15.0 Å². The molecule has 0 aliphatic rings. The summed E-state index contributed by atoms with van der Waals surface area (Å²) < 4.78 is 26.5. The molecule has 1 heterocycles. The molecule has 0 atom stereocenters. The zero-order valence-electron chi connectivity index (χ0n) is 13.6. The van der Waals surface area contributed by atoms with Crippen LogP contribution < -0.4 is 10.0 Å². The molecule has 0 bridgehead atoms. The zero-order valence-corrected chi connectivity index (χ0v) is 15.2. The molecular formula is C17H20ClN3O3S. The second kappa shape index (κ2) is 9.50. The number of carbonyl (C=O) groups is 1. The van der Waals surface area contributed by atoms with E-state index in [-0.39, 0.29) is 24.6 Å². The summed E-state index contributed by atoms with van der Waals surface area (Å²) in [5, 5.41) is 3.27. The molecule has 0 saturated carbocycles. The van der Waals surface area contributed by atoms with Gasteiger partial charge < -0.3 is 5.32 Å². The maximum Gasteiger partial charge on any atom is 0.220 e. The lowest BCUT2D eigenvalue weighted by Crippen LogP contribution is -2.28. The Morgan fingerprint density at radius 1 is 1.16 bits per heavy atom. The monoisotopic (exact) mass is 381 g/mol. The molecule has 1 aromatic heterocycles. The summed E-state index contributed by atoms with van der Waals surface area (Å²) in [5.41, 5.74) is 1.53. The van der Waals surface area contributed by atoms with Crippen LogP contribution in [0.1, 0.15) is 24.0 Å². The fraction of sp³-hybridized carbons (Fsp3) is 0.294. The predicted molar refractivity (Wildman–Crippen MR) is 97.4 cm³/mol. The molecule has 134 valence electrons. The molecule has 0 aliphatic heterocycles. The van der Waals surface area contributed by atoms with Gasteiger partial charge in [0.1, 0.15) is 0 Å². The lowest BCUT2D eigenvalue weighted by molar-refractivity contribution is -0.121. The van der Waals surface area contributed by atoms with Crippen molar-refractivity contribution in [2.75, 3.05) is 6.54 Å². The van der Waals surface area contributed by atoms with Crippen LogP contribution in [0.5, 0.6) is 0 Å². The van der Waals surface area contributed by atoms with Gasteiger partial charge in [-0.15, -0.1) is 0 Å². The van der Waals surface area contributed by atoms with Gasteiger partial charge in [0.15, 0.2) is 0 Å². The van der Waals surface area contributed by atoms with Crippen LogP contribution in [0.4, 0.5) is 0 Å². The first-order valence-corrected chi connectivity index (χ1v) is 9.85. The van der Waals surface area contributed by atoms with E-state index in [2.05, 4.69) is 15.0 Å². The Morgan fingerprint density at radius 3 is 2.68 bits per heavy atom. The van der Waals surface area contributed by atoms with Crippen molar-refractivity contribution < 1.29 is 13.2 Å². The van der Waals surface area contributed by atoms with E-state index in [0.29, 0.717) is 23.6 Å². The van der Waals surface area contributed by atoms with Gasteiger partial charge in [-0.1, -0.05) is 29.8 Å². The van der Waals surface area contributed by atoms with Gasteiger partial charge in [0, 0.05) is 36.9 Å². The average molecular weight is 382 g/mol. The summed E-state index contributed by atoms with van der Waals surface area (Å²) in [4.78, 5) is 15.7. The Hall–Kier alpha value is -1.96. The van der Waals surface area contributed by atoms with Crippen molar-refractivity contribution in [2.24, 2.45) is 0 Å². The molecule has 2 aromatic rings. The van der Waals surface area contributed by atoms with Crippen molar-refractivity contribution in [3.8, 4) is 0 Å². The summed E-state index contributed by atoms with van der Waals surface area (Å²) in [5.74, 6) is -0.265. The SMILES string of the molecule is O=C(CCCNS(=O)(=O)Cc1cccc(Cl)c1)NCc1cccnc1. The van der Waals surface area contributed by atoms with Gasteiger partial charge in [0.05, 0.1) is 5.75 Å². The largest absolute Gasteiger partial charge is 0.352 e. The van der Waals surface area contributed by atoms with E-state index < -0.39 is 10.0 Å². The molecule has 1 aromatic carbocycles. The van der Waals surface area contributed by atoms with E-state index in [9.17, 15) is 13.2 Å². The van der Waals surface area contributed by atoms with Crippen molar-refractivity contribution in [3.05, 3.63) is 64.9 Å². The van der Waals surface area contributed by atoms with Gasteiger partial charge in [-0.25, -0.2) is 13.1 Å². The summed E-state index contributed by atoms with van der Waals surface area (Å²) in [6.07, 6.45) is 4.03. The van der Waals surface area contributed by atoms with Crippen LogP contribution >= 0.6 is 11.6 Å². The van der Waals surface area contributed by atoms with Gasteiger partial charge in [-0.3, -0.25) is 9.78 Å². The van der Waals surface area contributed by atoms with E-state index >= 15 is 0 Å². The minimum absolute atomic E-state index is 0.127. The van der Waals surface area contributed by atoms with Crippen LogP contribution in [0, 0.1) is 0 Å². The van der Waals surface area contributed by atoms with Crippen LogP contribution in [0.3, 0.4) is 0 Å². The highest BCUT2D eigenvalue weighted by molar-refractivity contribution is 7.88. The Kier molecular flexibility index (Phi) is 7.36. The predicted octanol–water partition coefficient (Wildman–Crippen LogP) is 2.25. The van der Waals surface area contributed by atoms with Crippen molar-refractivity contribution in [2.45, 2.75) is 25.1 Å². The molecule has 25 heavy (non-hydrogen) atoms. The third-order valence-electron chi connectivity index (χ3n) is 3.36. The highest BCUT2D eigenvalue weighted by Gasteiger charge is 2.11. The highest BCUT2D eigenvalue weighted by atomic mass is 35.5. The van der Waals surface area contributed by atoms with Crippen LogP contribution in [0.25, 0.3) is 0 Å². The Bertz CT molecular complexity index is 798. The number of nitrogens with zero attached hydrogens (tertiary/aromatic N) is 1. The zero-order chi connectivity index (χ0) is 18.1. The Labute approximate surface area is 152 Å². The molecule has 6 nitrogen and oxygen atoms in total. The summed E-state index contributed by atoms with van der Waals surface area (Å²) in [7, 11) is -3.45. The lowest BCUT2D eigenvalue weighted by Gasteiger charge is -2.08. The van der Waals surface area contributed by atoms with Gasteiger partial charge in [-0.05, 0) is 35.7 Å². The van der Waals surface area contributed by atoms with Crippen molar-refractivity contribution >= 4 is 27.5 Å². The van der Waals surface area contributed by atoms with Gasteiger partial charge in [-0.2, -0.15) is 0 Å². The number of aromatic nitrogens is 1. The summed E-state index contributed by atoms with van der Waals surface area (Å²) in [6, 6.07) is 10.4. The second-order valence-corrected chi connectivity index (χ2v) is 7.77. The lowest BCUT2D eigenvalue weighted by atomic mass is 10.2. The topological polar surface area (TPSA) is 88.2 Å². The van der Waals surface area contributed by atoms with Gasteiger partial charge in [0.25, 0.3) is 0 Å². The quantitative estimate of drug-likeness (QED) is 0.652. The third-order valence-corrected chi connectivity index (χ3v) is 4.95. The number of sulfonamides is 1. The number of halogens is 1. The molecule has 0 spiro atoms. The van der Waals surface area contributed by atoms with E-state index in [0.717, 1.165) is 5.56 Å². The van der Waals surface area contributed by atoms with Crippen LogP contribution in [-0.4, -0.2) is 25.9 Å². The first-order valence-electron chi connectivity index (χ1n) is 7.82. The minimum atomic E-state index is -3.45. The third kappa shape index (κ3) is 7.64. The smallest absolute Gasteiger partial charge is 0.220 e. The molecule has 0 aliphatic carbocycles. The standard InChI is InChI=1S/C17H20ClN3O3S/c18-16-6-1-4-14(10-16)13-25(23,24)21-9-3-7-17(22)20-12-15-5-2-8-19-11-15/h1-2,4-6,8,10-11,21H,3,7,9,12-13H2,(H,20,22). The molecule has 1 amide bonds. The molecule has 0 saturated heterocycles. The minimum Gasteiger partial charge on any atom is -0.352 e. The fourth-order valence-electron chi connectivity index (χ4n) is 2.17. The first kappa shape index (κ1) is 19.4. The summed E-state index contributed by atoms with van der Waals surface area (Å²) >= 11 is 5.85. The molecule has 8 heteroatoms. The van der Waals surface area contributed by atoms with E-state index in [1.165, 1.54) is 0 Å². The highest BCUT2D eigenvalue weighted by Crippen LogP contribution is 2.12. The number of amides is 1. The number of hydrogen-bond donors (Lipinski definition) is 2. The number of benzene rings is 1. The Morgan fingerprint density at radius 2 is 1.96 bits per heavy atom. The van der Waals surface area contributed by atoms with E-state index in [1.54, 1.807) is 42.7 Å². The van der Waals surface area contributed by atoms with Crippen molar-refractivity contribution in [3.63, 3.8) is 0 Å². The van der Waals surface area contributed by atoms with Crippen LogP contribution in [0.2, 0.25) is 5.02 Å². The van der Waals surface area contributed by atoms with Crippen LogP contribution in [0.15, 0.2) is 48.8 Å². The number of nitrogens with one attached hydrogen (secondary N) is 2. The second-order valence-electron chi connectivity index (χ2n) is 5.52. The summed E-state index contributed by atoms with van der Waals surface area (Å²) in [6.45, 7) is 0.621. The number of pyridine rings is 1. The maximum atomic E-state index is 12.0. The Balaban J connectivity index is 1.66. The van der Waals surface area contributed by atoms with E-state index in [1.807, 2.05) is 6.07 Å². The van der Waals surface area contributed by atoms with Gasteiger partial charge in [0.2, 0.25) is 15.9 Å². The van der Waals surface area contributed by atoms with Gasteiger partial charge >= 0.3 is 0 Å². The maximum absolute atomic E-state index is 12.0. The molecule has 0 fully saturated rings. The normalized spacial score (nSPS) is 11.2. The first-order chi connectivity index (χ1) is 11.9. The average Bonchev–Trinajstić information content (AvgIpc) is 2.57. The number of hydrogen-bond acceptors (Lipinski definition) is 4. The van der Waals surface area contributed by atoms with E-state index in [4.69, 9.17) is 11.6 Å². The molecule has 0 radical (unpaired) electrons. The molecular weight excluding hydrogens is 362 g/mol. The fourth-order valence-corrected chi connectivity index (χ4v) is 3.55. The molecule has 2 rings (SSSR count). The molecule has 0 unspecified atom stereocenters. The molecule has 2 N–H and O–H groups in total. The number of carbonyl (C=O) groups excluding carboxylic acids is 1.